The van der Waals surface area contributed by atoms with E-state index >= 15 is 0 Å². The number of nitrogens with zero attached hydrogens (tertiary/aromatic N) is 1. The van der Waals surface area contributed by atoms with Crippen molar-refractivity contribution in [3.8, 4) is 11.3 Å². The van der Waals surface area contributed by atoms with Crippen LogP contribution in [0.15, 0.2) is 65.0 Å². The molecule has 1 aliphatic heterocycles. The summed E-state index contributed by atoms with van der Waals surface area (Å²) < 4.78 is 24.3. The van der Waals surface area contributed by atoms with Crippen LogP contribution in [0.3, 0.4) is 0 Å². The number of aromatic nitrogens is 1. The van der Waals surface area contributed by atoms with Crippen LogP contribution in [0.5, 0.6) is 0 Å². The molecule has 0 saturated heterocycles. The van der Waals surface area contributed by atoms with Crippen LogP contribution < -0.4 is 15.4 Å². The predicted octanol–water partition coefficient (Wildman–Crippen LogP) is 4.99. The quantitative estimate of drug-likeness (QED) is 0.311. The lowest BCUT2D eigenvalue weighted by atomic mass is 10.0. The second-order valence-electron chi connectivity index (χ2n) is 8.43. The molecular weight excluding hydrogens is 472 g/mol. The number of thioether (sulfide) groups is 1. The normalized spacial score (nSPS) is 18.6. The first-order valence-corrected chi connectivity index (χ1v) is 14.0. The fourth-order valence-corrected chi connectivity index (χ4v) is 6.31. The van der Waals surface area contributed by atoms with E-state index in [1.807, 2.05) is 36.0 Å². The second kappa shape index (κ2) is 9.79. The summed E-state index contributed by atoms with van der Waals surface area (Å²) in [6.07, 6.45) is 3.36. The molecule has 2 heterocycles. The lowest BCUT2D eigenvalue weighted by Gasteiger charge is -2.22. The van der Waals surface area contributed by atoms with E-state index in [0.717, 1.165) is 34.3 Å². The van der Waals surface area contributed by atoms with Gasteiger partial charge in [-0.25, -0.2) is 13.4 Å². The summed E-state index contributed by atoms with van der Waals surface area (Å²) in [5, 5.41) is 13.1. The summed E-state index contributed by atoms with van der Waals surface area (Å²) in [5.41, 5.74) is 6.24. The van der Waals surface area contributed by atoms with Crippen molar-refractivity contribution >= 4 is 44.8 Å². The number of hydrogen-bond donors (Lipinski definition) is 4. The van der Waals surface area contributed by atoms with E-state index in [1.165, 1.54) is 24.1 Å². The van der Waals surface area contributed by atoms with Crippen molar-refractivity contribution in [2.24, 2.45) is 5.92 Å². The molecule has 0 radical (unpaired) electrons. The Balaban J connectivity index is 1.35. The molecule has 3 aromatic rings. The molecule has 3 N–H and O–H groups in total. The number of anilines is 2. The third kappa shape index (κ3) is 5.54. The van der Waals surface area contributed by atoms with Crippen molar-refractivity contribution in [3.63, 3.8) is 0 Å². The average Bonchev–Trinajstić information content (AvgIpc) is 3.34. The Morgan fingerprint density at radius 3 is 2.67 bits per heavy atom. The lowest BCUT2D eigenvalue weighted by Crippen LogP contribution is -2.34. The lowest BCUT2D eigenvalue weighted by molar-refractivity contribution is 0.619. The van der Waals surface area contributed by atoms with Gasteiger partial charge in [-0.1, -0.05) is 36.4 Å². The van der Waals surface area contributed by atoms with Gasteiger partial charge in [0.2, 0.25) is 10.9 Å². The zero-order chi connectivity index (χ0) is 22.8. The van der Waals surface area contributed by atoms with Crippen LogP contribution in [0.2, 0.25) is 0 Å². The molecule has 1 unspecified atom stereocenters. The molecule has 6 nitrogen and oxygen atoms in total. The molecule has 1 aliphatic carbocycles. The highest BCUT2D eigenvalue weighted by Crippen LogP contribution is 2.42. The largest absolute Gasteiger partial charge is 0.374 e. The molecule has 2 atom stereocenters. The number of thiol groups is 1. The molecule has 2 aromatic carbocycles. The molecule has 0 amide bonds. The van der Waals surface area contributed by atoms with Gasteiger partial charge in [-0.2, -0.15) is 0 Å². The van der Waals surface area contributed by atoms with Crippen molar-refractivity contribution in [1.82, 2.24) is 10.3 Å². The minimum absolute atomic E-state index is 0.0482. The van der Waals surface area contributed by atoms with Crippen molar-refractivity contribution in [2.75, 3.05) is 10.0 Å². The fourth-order valence-electron chi connectivity index (χ4n) is 3.96. The van der Waals surface area contributed by atoms with Crippen LogP contribution in [0, 0.1) is 12.8 Å². The predicted molar refractivity (Wildman–Crippen MR) is 139 cm³/mol. The van der Waals surface area contributed by atoms with Gasteiger partial charge in [0, 0.05) is 22.3 Å². The first-order valence-electron chi connectivity index (χ1n) is 11.0. The van der Waals surface area contributed by atoms with Gasteiger partial charge >= 0.3 is 0 Å². The molecule has 1 aromatic heterocycles. The summed E-state index contributed by atoms with van der Waals surface area (Å²) in [7, 11) is -2.66. The van der Waals surface area contributed by atoms with Gasteiger partial charge in [-0.15, -0.1) is 23.1 Å². The Bertz CT molecular complexity index is 1220. The number of rotatable bonds is 9. The topological polar surface area (TPSA) is 83.1 Å². The first kappa shape index (κ1) is 22.3. The summed E-state index contributed by atoms with van der Waals surface area (Å²) in [6, 6.07) is 15.9. The van der Waals surface area contributed by atoms with E-state index in [0.29, 0.717) is 11.1 Å². The summed E-state index contributed by atoms with van der Waals surface area (Å²) in [6.45, 7) is 2.11. The van der Waals surface area contributed by atoms with Crippen LogP contribution >= 0.6 is 23.1 Å². The molecule has 0 spiro atoms. The molecule has 33 heavy (non-hydrogen) atoms. The van der Waals surface area contributed by atoms with Crippen molar-refractivity contribution in [1.29, 1.82) is 0 Å². The third-order valence-electron chi connectivity index (χ3n) is 5.91. The summed E-state index contributed by atoms with van der Waals surface area (Å²) in [5.74, 6) is 0.761. The zero-order valence-corrected chi connectivity index (χ0v) is 20.7. The number of nitrogens with one attached hydrogen (secondary N) is 3. The highest BCUT2D eigenvalue weighted by Gasteiger charge is 2.35. The van der Waals surface area contributed by atoms with Crippen LogP contribution in [-0.4, -0.2) is 24.8 Å². The van der Waals surface area contributed by atoms with E-state index in [4.69, 9.17) is 4.98 Å². The van der Waals surface area contributed by atoms with Crippen molar-refractivity contribution in [2.45, 2.75) is 37.6 Å². The summed E-state index contributed by atoms with van der Waals surface area (Å²) in [4.78, 5) is 4.88. The average molecular weight is 499 g/mol. The first-order chi connectivity index (χ1) is 16.0. The van der Waals surface area contributed by atoms with Gasteiger partial charge in [0.25, 0.3) is 0 Å². The zero-order valence-electron chi connectivity index (χ0n) is 18.2. The second-order valence-corrected chi connectivity index (χ2v) is 11.0. The van der Waals surface area contributed by atoms with Gasteiger partial charge in [0.15, 0.2) is 5.13 Å². The van der Waals surface area contributed by atoms with Crippen molar-refractivity contribution < 1.29 is 8.42 Å². The van der Waals surface area contributed by atoms with Gasteiger partial charge in [-0.3, -0.25) is 4.72 Å². The Hall–Kier alpha value is -2.49. The Morgan fingerprint density at radius 2 is 1.94 bits per heavy atom. The molecule has 2 aliphatic rings. The van der Waals surface area contributed by atoms with E-state index in [-0.39, 0.29) is 6.04 Å². The van der Waals surface area contributed by atoms with Crippen LogP contribution in [-0.2, 0) is 17.3 Å². The number of benzene rings is 2. The maximum Gasteiger partial charge on any atom is 0.222 e. The summed E-state index contributed by atoms with van der Waals surface area (Å²) >= 11 is 3.49. The van der Waals surface area contributed by atoms with Crippen LogP contribution in [0.4, 0.5) is 10.8 Å². The number of hydrogen-bond acceptors (Lipinski definition) is 7. The smallest absolute Gasteiger partial charge is 0.222 e. The molecule has 1 fully saturated rings. The maximum atomic E-state index is 10.9. The Morgan fingerprint density at radius 1 is 1.15 bits per heavy atom. The van der Waals surface area contributed by atoms with E-state index in [9.17, 15) is 8.42 Å². The molecular formula is C24H26N4O2S3. The van der Waals surface area contributed by atoms with Gasteiger partial charge in [-0.05, 0) is 60.8 Å². The number of thiazole rings is 1. The molecule has 5 rings (SSSR count). The van der Waals surface area contributed by atoms with Crippen LogP contribution in [0.1, 0.15) is 24.0 Å². The molecule has 172 valence electrons. The minimum Gasteiger partial charge on any atom is -0.374 e. The number of aryl methyl sites for hydroxylation is 1. The van der Waals surface area contributed by atoms with Crippen molar-refractivity contribution in [3.05, 3.63) is 76.1 Å². The van der Waals surface area contributed by atoms with E-state index in [2.05, 4.69) is 45.2 Å². The highest BCUT2D eigenvalue weighted by atomic mass is 32.2. The molecule has 0 bridgehead atoms. The molecule has 9 heteroatoms. The maximum absolute atomic E-state index is 10.9. The monoisotopic (exact) mass is 498 g/mol. The molecule has 1 saturated carbocycles. The van der Waals surface area contributed by atoms with E-state index in [1.54, 1.807) is 23.5 Å². The van der Waals surface area contributed by atoms with Gasteiger partial charge < -0.3 is 10.6 Å². The van der Waals surface area contributed by atoms with E-state index < -0.39 is 10.9 Å². The standard InChI is InChI=1S/C24H26N4O2S3/c1-15-4-2-3-5-19(15)21-13-32-24(27-21)26-20(22-14-31-23(25-22)17-8-9-17)12-16-6-10-18(11-7-16)28-33(29)30/h2-7,10-11,13-14,17,20,23,25,33H,8-9,12H2,1H3,(H,26,27)(H,28,29,30)/t20-,23?/m0/s1. The fraction of sp³-hybridized carbons (Fsp3) is 0.292. The van der Waals surface area contributed by atoms with Crippen LogP contribution in [0.25, 0.3) is 11.3 Å². The van der Waals surface area contributed by atoms with Gasteiger partial charge in [0.05, 0.1) is 17.1 Å². The Kier molecular flexibility index (Phi) is 6.62. The van der Waals surface area contributed by atoms with Gasteiger partial charge in [0.1, 0.15) is 0 Å². The highest BCUT2D eigenvalue weighted by molar-refractivity contribution is 8.03. The Labute approximate surface area is 204 Å². The minimum atomic E-state index is -2.66. The third-order valence-corrected chi connectivity index (χ3v) is 8.31. The SMILES string of the molecule is Cc1ccccc1-c1csc(N[C@@H](Cc2ccc(N[SH](=O)=O)cc2)C2=CSC(C3CC3)N2)n1.